The molecule has 0 aliphatic carbocycles. The molecule has 0 rings (SSSR count). The van der Waals surface area contributed by atoms with Gasteiger partial charge in [-0.15, -0.1) is 0 Å². The van der Waals surface area contributed by atoms with Crippen LogP contribution in [-0.2, 0) is 19.2 Å². The molecule has 0 saturated heterocycles. The molecule has 4 N–H and O–H groups in total. The molecule has 8 heteroatoms. The van der Waals surface area contributed by atoms with Gasteiger partial charge < -0.3 is 20.8 Å². The van der Waals surface area contributed by atoms with Crippen LogP contribution in [0.1, 0.15) is 32.6 Å². The summed E-state index contributed by atoms with van der Waals surface area (Å²) in [7, 11) is 0. The van der Waals surface area contributed by atoms with E-state index >= 15 is 0 Å². The second-order valence-corrected chi connectivity index (χ2v) is 3.84. The SMILES string of the molecule is CCNC(=O)CC[C@H](NC(=O)CCC(=O)O)C(=O)O. The lowest BCUT2D eigenvalue weighted by Crippen LogP contribution is -2.41. The summed E-state index contributed by atoms with van der Waals surface area (Å²) >= 11 is 0. The van der Waals surface area contributed by atoms with Gasteiger partial charge in [0.25, 0.3) is 0 Å². The van der Waals surface area contributed by atoms with Crippen LogP contribution in [0.5, 0.6) is 0 Å². The summed E-state index contributed by atoms with van der Waals surface area (Å²) in [6.07, 6.45) is -0.723. The molecule has 0 saturated carbocycles. The van der Waals surface area contributed by atoms with Gasteiger partial charge in [-0.25, -0.2) is 4.79 Å². The van der Waals surface area contributed by atoms with E-state index in [4.69, 9.17) is 10.2 Å². The second kappa shape index (κ2) is 8.90. The molecule has 0 aromatic carbocycles. The van der Waals surface area contributed by atoms with E-state index in [0.29, 0.717) is 6.54 Å². The Morgan fingerprint density at radius 1 is 1.00 bits per heavy atom. The fourth-order valence-electron chi connectivity index (χ4n) is 1.31. The van der Waals surface area contributed by atoms with Crippen LogP contribution in [0.3, 0.4) is 0 Å². The smallest absolute Gasteiger partial charge is 0.326 e. The van der Waals surface area contributed by atoms with E-state index in [1.807, 2.05) is 0 Å². The van der Waals surface area contributed by atoms with Gasteiger partial charge in [0.2, 0.25) is 11.8 Å². The molecule has 2 amide bonds. The van der Waals surface area contributed by atoms with Crippen molar-refractivity contribution in [2.75, 3.05) is 6.54 Å². The summed E-state index contributed by atoms with van der Waals surface area (Å²) in [6, 6.07) is -1.19. The molecule has 0 radical (unpaired) electrons. The third-order valence-corrected chi connectivity index (χ3v) is 2.23. The van der Waals surface area contributed by atoms with E-state index in [1.165, 1.54) is 0 Å². The predicted octanol–water partition coefficient (Wildman–Crippen LogP) is -0.663. The number of nitrogens with one attached hydrogen (secondary N) is 2. The molecule has 0 aromatic heterocycles. The fraction of sp³-hybridized carbons (Fsp3) is 0.636. The van der Waals surface area contributed by atoms with Crippen LogP contribution in [0.2, 0.25) is 0 Å². The maximum Gasteiger partial charge on any atom is 0.326 e. The molecule has 19 heavy (non-hydrogen) atoms. The number of carboxylic acid groups (broad SMARTS) is 2. The van der Waals surface area contributed by atoms with Gasteiger partial charge in [-0.3, -0.25) is 14.4 Å². The molecule has 0 aliphatic heterocycles. The number of carboxylic acids is 2. The highest BCUT2D eigenvalue weighted by Gasteiger charge is 2.21. The third-order valence-electron chi connectivity index (χ3n) is 2.23. The molecular weight excluding hydrogens is 256 g/mol. The third kappa shape index (κ3) is 8.58. The Morgan fingerprint density at radius 3 is 2.11 bits per heavy atom. The molecule has 0 aliphatic rings. The van der Waals surface area contributed by atoms with Crippen molar-refractivity contribution in [1.29, 1.82) is 0 Å². The van der Waals surface area contributed by atoms with Crippen LogP contribution in [0, 0.1) is 0 Å². The average Bonchev–Trinajstić information content (AvgIpc) is 2.31. The maximum absolute atomic E-state index is 11.3. The summed E-state index contributed by atoms with van der Waals surface area (Å²) in [4.78, 5) is 43.6. The minimum absolute atomic E-state index is 0.0238. The lowest BCUT2D eigenvalue weighted by Gasteiger charge is -2.13. The normalized spacial score (nSPS) is 11.4. The van der Waals surface area contributed by atoms with E-state index in [1.54, 1.807) is 6.92 Å². The average molecular weight is 274 g/mol. The Balaban J connectivity index is 4.18. The first-order chi connectivity index (χ1) is 8.86. The standard InChI is InChI=1S/C11H18N2O6/c1-2-12-8(14)4-3-7(11(18)19)13-9(15)5-6-10(16)17/h7H,2-6H2,1H3,(H,12,14)(H,13,15)(H,16,17)(H,18,19)/t7-/m0/s1. The highest BCUT2D eigenvalue weighted by Crippen LogP contribution is 2.00. The Morgan fingerprint density at radius 2 is 1.63 bits per heavy atom. The minimum Gasteiger partial charge on any atom is -0.481 e. The van der Waals surface area contributed by atoms with Gasteiger partial charge in [0, 0.05) is 19.4 Å². The lowest BCUT2D eigenvalue weighted by atomic mass is 10.1. The molecule has 108 valence electrons. The number of amides is 2. The van der Waals surface area contributed by atoms with E-state index in [-0.39, 0.29) is 31.6 Å². The van der Waals surface area contributed by atoms with Crippen molar-refractivity contribution in [1.82, 2.24) is 10.6 Å². The van der Waals surface area contributed by atoms with Crippen molar-refractivity contribution in [3.63, 3.8) is 0 Å². The highest BCUT2D eigenvalue weighted by atomic mass is 16.4. The number of hydrogen-bond donors (Lipinski definition) is 4. The van der Waals surface area contributed by atoms with Crippen molar-refractivity contribution in [2.24, 2.45) is 0 Å². The van der Waals surface area contributed by atoms with Crippen LogP contribution in [-0.4, -0.2) is 46.6 Å². The quantitative estimate of drug-likeness (QED) is 0.441. The van der Waals surface area contributed by atoms with Crippen molar-refractivity contribution >= 4 is 23.8 Å². The highest BCUT2D eigenvalue weighted by molar-refractivity contribution is 5.86. The van der Waals surface area contributed by atoms with Gasteiger partial charge in [0.05, 0.1) is 6.42 Å². The van der Waals surface area contributed by atoms with Crippen LogP contribution in [0.25, 0.3) is 0 Å². The van der Waals surface area contributed by atoms with Gasteiger partial charge in [0.15, 0.2) is 0 Å². The van der Waals surface area contributed by atoms with E-state index in [0.717, 1.165) is 0 Å². The van der Waals surface area contributed by atoms with Gasteiger partial charge in [0.1, 0.15) is 6.04 Å². The summed E-state index contributed by atoms with van der Waals surface area (Å²) < 4.78 is 0. The summed E-state index contributed by atoms with van der Waals surface area (Å²) in [6.45, 7) is 2.18. The van der Waals surface area contributed by atoms with Gasteiger partial charge in [-0.05, 0) is 13.3 Å². The Bertz CT molecular complexity index is 355. The number of carbonyl (C=O) groups excluding carboxylic acids is 2. The van der Waals surface area contributed by atoms with Crippen LogP contribution in [0.4, 0.5) is 0 Å². The van der Waals surface area contributed by atoms with E-state index < -0.39 is 23.9 Å². The van der Waals surface area contributed by atoms with Crippen LogP contribution >= 0.6 is 0 Å². The van der Waals surface area contributed by atoms with Crippen LogP contribution < -0.4 is 10.6 Å². The largest absolute Gasteiger partial charge is 0.481 e. The molecular formula is C11H18N2O6. The first-order valence-corrected chi connectivity index (χ1v) is 5.87. The lowest BCUT2D eigenvalue weighted by molar-refractivity contribution is -0.142. The zero-order chi connectivity index (χ0) is 14.8. The van der Waals surface area contributed by atoms with Gasteiger partial charge in [-0.1, -0.05) is 0 Å². The molecule has 0 spiro atoms. The zero-order valence-electron chi connectivity index (χ0n) is 10.6. The van der Waals surface area contributed by atoms with Crippen LogP contribution in [0.15, 0.2) is 0 Å². The number of carbonyl (C=O) groups is 4. The molecule has 1 atom stereocenters. The number of hydrogen-bond acceptors (Lipinski definition) is 4. The van der Waals surface area contributed by atoms with Gasteiger partial charge >= 0.3 is 11.9 Å². The van der Waals surface area contributed by atoms with E-state index in [2.05, 4.69) is 10.6 Å². The van der Waals surface area contributed by atoms with Gasteiger partial charge in [-0.2, -0.15) is 0 Å². The molecule has 0 fully saturated rings. The minimum atomic E-state index is -1.26. The summed E-state index contributed by atoms with van der Waals surface area (Å²) in [5.74, 6) is -3.35. The summed E-state index contributed by atoms with van der Waals surface area (Å²) in [5, 5.41) is 22.0. The Hall–Kier alpha value is -2.12. The Kier molecular flexibility index (Phi) is 7.90. The molecule has 0 heterocycles. The number of rotatable bonds is 9. The first-order valence-electron chi connectivity index (χ1n) is 5.87. The second-order valence-electron chi connectivity index (χ2n) is 3.84. The van der Waals surface area contributed by atoms with Crippen molar-refractivity contribution < 1.29 is 29.4 Å². The fourth-order valence-corrected chi connectivity index (χ4v) is 1.31. The number of aliphatic carboxylic acids is 2. The first kappa shape index (κ1) is 16.9. The monoisotopic (exact) mass is 274 g/mol. The predicted molar refractivity (Wildman–Crippen MR) is 64.4 cm³/mol. The Labute approximate surface area is 110 Å². The van der Waals surface area contributed by atoms with Crippen molar-refractivity contribution in [2.45, 2.75) is 38.6 Å². The molecule has 0 bridgehead atoms. The van der Waals surface area contributed by atoms with Crippen molar-refractivity contribution in [3.8, 4) is 0 Å². The zero-order valence-corrected chi connectivity index (χ0v) is 10.6. The van der Waals surface area contributed by atoms with Crippen molar-refractivity contribution in [3.05, 3.63) is 0 Å². The molecule has 0 unspecified atom stereocenters. The van der Waals surface area contributed by atoms with E-state index in [9.17, 15) is 19.2 Å². The molecule has 8 nitrogen and oxygen atoms in total. The maximum atomic E-state index is 11.3. The topological polar surface area (TPSA) is 133 Å². The summed E-state index contributed by atoms with van der Waals surface area (Å²) in [5.41, 5.74) is 0. The molecule has 0 aromatic rings.